The molecule has 0 aromatic heterocycles. The second kappa shape index (κ2) is 5.36. The zero-order chi connectivity index (χ0) is 15.2. The molecule has 21 heavy (non-hydrogen) atoms. The van der Waals surface area contributed by atoms with E-state index in [1.54, 1.807) is 6.07 Å². The first kappa shape index (κ1) is 15.0. The number of nitrogens with zero attached hydrogens (tertiary/aromatic N) is 1. The van der Waals surface area contributed by atoms with Crippen LogP contribution in [0.2, 0.25) is 0 Å². The first-order chi connectivity index (χ1) is 9.90. The summed E-state index contributed by atoms with van der Waals surface area (Å²) in [4.78, 5) is 2.13. The largest absolute Gasteiger partial charge is 0.385 e. The van der Waals surface area contributed by atoms with Gasteiger partial charge in [0.05, 0.1) is 5.60 Å². The number of hydrogen-bond donors (Lipinski definition) is 1. The minimum absolute atomic E-state index is 0.127. The summed E-state index contributed by atoms with van der Waals surface area (Å²) in [5.41, 5.74) is 0.525. The van der Waals surface area contributed by atoms with Gasteiger partial charge in [-0.2, -0.15) is 0 Å². The molecule has 2 aliphatic carbocycles. The Morgan fingerprint density at radius 1 is 1.33 bits per heavy atom. The van der Waals surface area contributed by atoms with Crippen LogP contribution in [-0.4, -0.2) is 30.6 Å². The van der Waals surface area contributed by atoms with Crippen LogP contribution < -0.4 is 0 Å². The molecule has 116 valence electrons. The standard InChI is InChI=1S/C18H26FNO/c1-12-4-7-17(19)15(8-12)18(21)10-13-5-6-14(9-13)16(18)11-20(2)3/h4,7-8,13-14,16,21H,5-6,9-11H2,1-3H3/t13-,14+,16-,18-/m0/s1. The molecule has 3 rings (SSSR count). The van der Waals surface area contributed by atoms with Gasteiger partial charge in [0.2, 0.25) is 0 Å². The predicted molar refractivity (Wildman–Crippen MR) is 82.5 cm³/mol. The Morgan fingerprint density at radius 2 is 2.10 bits per heavy atom. The lowest BCUT2D eigenvalue weighted by atomic mass is 9.65. The highest BCUT2D eigenvalue weighted by molar-refractivity contribution is 5.31. The van der Waals surface area contributed by atoms with E-state index >= 15 is 0 Å². The van der Waals surface area contributed by atoms with Crippen molar-refractivity contribution in [3.63, 3.8) is 0 Å². The molecule has 0 spiro atoms. The molecular formula is C18H26FNO. The number of aliphatic hydroxyl groups is 1. The summed E-state index contributed by atoms with van der Waals surface area (Å²) in [6.07, 6.45) is 4.28. The zero-order valence-corrected chi connectivity index (χ0v) is 13.3. The number of fused-ring (bicyclic) bond motifs is 2. The highest BCUT2D eigenvalue weighted by Gasteiger charge is 2.52. The summed E-state index contributed by atoms with van der Waals surface area (Å²) in [5.74, 6) is 0.949. The maximum absolute atomic E-state index is 14.4. The number of benzene rings is 1. The SMILES string of the molecule is Cc1ccc(F)c([C@@]2(O)C[C@H]3CC[C@H](C3)[C@@H]2CN(C)C)c1. The fourth-order valence-electron chi connectivity index (χ4n) is 4.62. The van der Waals surface area contributed by atoms with Crippen LogP contribution in [0.5, 0.6) is 0 Å². The van der Waals surface area contributed by atoms with E-state index in [4.69, 9.17) is 0 Å². The van der Waals surface area contributed by atoms with Crippen molar-refractivity contribution in [2.75, 3.05) is 20.6 Å². The van der Waals surface area contributed by atoms with Crippen LogP contribution in [0, 0.1) is 30.5 Å². The van der Waals surface area contributed by atoms with Crippen LogP contribution in [-0.2, 0) is 5.60 Å². The van der Waals surface area contributed by atoms with Gasteiger partial charge in [-0.3, -0.25) is 0 Å². The van der Waals surface area contributed by atoms with Crippen molar-refractivity contribution >= 4 is 0 Å². The maximum Gasteiger partial charge on any atom is 0.129 e. The van der Waals surface area contributed by atoms with E-state index in [9.17, 15) is 9.50 Å². The lowest BCUT2D eigenvalue weighted by molar-refractivity contribution is -0.0912. The van der Waals surface area contributed by atoms with E-state index in [2.05, 4.69) is 4.90 Å². The number of halogens is 1. The van der Waals surface area contributed by atoms with Gasteiger partial charge in [-0.1, -0.05) is 24.1 Å². The molecule has 4 atom stereocenters. The van der Waals surface area contributed by atoms with Gasteiger partial charge in [0.25, 0.3) is 0 Å². The summed E-state index contributed by atoms with van der Waals surface area (Å²) < 4.78 is 14.4. The third-order valence-electron chi connectivity index (χ3n) is 5.51. The van der Waals surface area contributed by atoms with Crippen molar-refractivity contribution in [3.05, 3.63) is 35.1 Å². The lowest BCUT2D eigenvalue weighted by Gasteiger charge is -2.45. The minimum atomic E-state index is -1.01. The molecule has 2 bridgehead atoms. The van der Waals surface area contributed by atoms with Gasteiger partial charge in [0.15, 0.2) is 0 Å². The van der Waals surface area contributed by atoms with Gasteiger partial charge in [0, 0.05) is 18.0 Å². The molecule has 1 aromatic rings. The van der Waals surface area contributed by atoms with E-state index in [1.165, 1.54) is 25.3 Å². The van der Waals surface area contributed by atoms with Crippen molar-refractivity contribution in [2.24, 2.45) is 17.8 Å². The Balaban J connectivity index is 2.04. The Hall–Kier alpha value is -0.930. The molecule has 1 N–H and O–H groups in total. The van der Waals surface area contributed by atoms with E-state index < -0.39 is 5.60 Å². The van der Waals surface area contributed by atoms with Gasteiger partial charge in [0.1, 0.15) is 5.82 Å². The zero-order valence-electron chi connectivity index (χ0n) is 13.3. The molecule has 0 amide bonds. The number of aryl methyl sites for hydroxylation is 1. The number of hydrogen-bond acceptors (Lipinski definition) is 2. The molecule has 0 aliphatic heterocycles. The Morgan fingerprint density at radius 3 is 2.81 bits per heavy atom. The average Bonchev–Trinajstić information content (AvgIpc) is 2.81. The Labute approximate surface area is 127 Å². The van der Waals surface area contributed by atoms with Gasteiger partial charge in [-0.25, -0.2) is 4.39 Å². The predicted octanol–water partition coefficient (Wildman–Crippen LogP) is 3.32. The highest BCUT2D eigenvalue weighted by atomic mass is 19.1. The topological polar surface area (TPSA) is 23.5 Å². The van der Waals surface area contributed by atoms with Crippen molar-refractivity contribution in [1.29, 1.82) is 0 Å². The van der Waals surface area contributed by atoms with E-state index in [0.717, 1.165) is 12.1 Å². The molecule has 0 heterocycles. The van der Waals surface area contributed by atoms with Crippen LogP contribution in [0.4, 0.5) is 4.39 Å². The second-order valence-corrected chi connectivity index (χ2v) is 7.42. The van der Waals surface area contributed by atoms with Gasteiger partial charge in [-0.15, -0.1) is 0 Å². The maximum atomic E-state index is 14.4. The van der Waals surface area contributed by atoms with Crippen LogP contribution in [0.1, 0.15) is 36.8 Å². The molecule has 0 radical (unpaired) electrons. The first-order valence-corrected chi connectivity index (χ1v) is 8.04. The quantitative estimate of drug-likeness (QED) is 0.923. The molecule has 2 nitrogen and oxygen atoms in total. The average molecular weight is 291 g/mol. The van der Waals surface area contributed by atoms with Crippen LogP contribution in [0.25, 0.3) is 0 Å². The second-order valence-electron chi connectivity index (χ2n) is 7.42. The van der Waals surface area contributed by atoms with Gasteiger partial charge >= 0.3 is 0 Å². The van der Waals surface area contributed by atoms with E-state index in [0.29, 0.717) is 23.8 Å². The normalized spacial score (nSPS) is 35.4. The molecule has 2 fully saturated rings. The van der Waals surface area contributed by atoms with Crippen molar-refractivity contribution in [1.82, 2.24) is 4.90 Å². The van der Waals surface area contributed by atoms with E-state index in [1.807, 2.05) is 27.1 Å². The molecule has 3 heteroatoms. The fraction of sp³-hybridized carbons (Fsp3) is 0.667. The van der Waals surface area contributed by atoms with Gasteiger partial charge in [-0.05, 0) is 58.2 Å². The third kappa shape index (κ3) is 2.62. The van der Waals surface area contributed by atoms with E-state index in [-0.39, 0.29) is 11.7 Å². The smallest absolute Gasteiger partial charge is 0.129 e. The molecule has 1 aromatic carbocycles. The molecule has 2 saturated carbocycles. The lowest BCUT2D eigenvalue weighted by Crippen LogP contribution is -2.48. The Bertz CT molecular complexity index is 530. The van der Waals surface area contributed by atoms with Crippen molar-refractivity contribution in [3.8, 4) is 0 Å². The molecular weight excluding hydrogens is 265 g/mol. The summed E-state index contributed by atoms with van der Waals surface area (Å²) in [6.45, 7) is 2.78. The highest BCUT2D eigenvalue weighted by Crippen LogP contribution is 2.54. The summed E-state index contributed by atoms with van der Waals surface area (Å²) in [7, 11) is 4.07. The summed E-state index contributed by atoms with van der Waals surface area (Å²) in [5, 5.41) is 11.5. The number of rotatable bonds is 3. The molecule has 0 unspecified atom stereocenters. The van der Waals surface area contributed by atoms with Crippen molar-refractivity contribution < 1.29 is 9.50 Å². The third-order valence-corrected chi connectivity index (χ3v) is 5.51. The molecule has 0 saturated heterocycles. The monoisotopic (exact) mass is 291 g/mol. The summed E-state index contributed by atoms with van der Waals surface area (Å²) >= 11 is 0. The van der Waals surface area contributed by atoms with Crippen LogP contribution >= 0.6 is 0 Å². The Kier molecular flexibility index (Phi) is 3.83. The van der Waals surface area contributed by atoms with Gasteiger partial charge < -0.3 is 10.0 Å². The van der Waals surface area contributed by atoms with Crippen LogP contribution in [0.3, 0.4) is 0 Å². The minimum Gasteiger partial charge on any atom is -0.385 e. The molecule has 2 aliphatic rings. The van der Waals surface area contributed by atoms with Crippen molar-refractivity contribution in [2.45, 2.75) is 38.2 Å². The summed E-state index contributed by atoms with van der Waals surface area (Å²) in [6, 6.07) is 5.13. The fourth-order valence-corrected chi connectivity index (χ4v) is 4.62. The first-order valence-electron chi connectivity index (χ1n) is 8.04. The van der Waals surface area contributed by atoms with Crippen LogP contribution in [0.15, 0.2) is 18.2 Å².